The number of hydrogen-bond acceptors (Lipinski definition) is 5. The molecule has 1 unspecified atom stereocenters. The summed E-state index contributed by atoms with van der Waals surface area (Å²) in [7, 11) is 3.57. The lowest BCUT2D eigenvalue weighted by molar-refractivity contribution is -0.123. The highest BCUT2D eigenvalue weighted by atomic mass is 16.1. The van der Waals surface area contributed by atoms with Crippen LogP contribution in [0.4, 0.5) is 11.6 Å². The zero-order chi connectivity index (χ0) is 15.4. The Morgan fingerprint density at radius 2 is 2.29 bits per heavy atom. The average molecular weight is 290 g/mol. The third kappa shape index (κ3) is 3.24. The van der Waals surface area contributed by atoms with Crippen LogP contribution in [-0.4, -0.2) is 47.5 Å². The summed E-state index contributed by atoms with van der Waals surface area (Å²) in [5.74, 6) is 1.44. The van der Waals surface area contributed by atoms with E-state index in [4.69, 9.17) is 0 Å². The van der Waals surface area contributed by atoms with E-state index < -0.39 is 0 Å². The van der Waals surface area contributed by atoms with E-state index in [0.717, 1.165) is 23.8 Å². The molecule has 0 saturated carbocycles. The van der Waals surface area contributed by atoms with Gasteiger partial charge in [0.2, 0.25) is 5.91 Å². The number of nitrogens with one attached hydrogen (secondary N) is 2. The summed E-state index contributed by atoms with van der Waals surface area (Å²) in [6.45, 7) is 5.29. The van der Waals surface area contributed by atoms with Crippen molar-refractivity contribution in [2.45, 2.75) is 13.8 Å². The van der Waals surface area contributed by atoms with Gasteiger partial charge in [-0.25, -0.2) is 9.97 Å². The second kappa shape index (κ2) is 6.43. The molecule has 0 saturated heterocycles. The van der Waals surface area contributed by atoms with Gasteiger partial charge >= 0.3 is 0 Å². The summed E-state index contributed by atoms with van der Waals surface area (Å²) in [6.07, 6.45) is 5.54. The molecule has 1 atom stereocenters. The van der Waals surface area contributed by atoms with Gasteiger partial charge in [-0.05, 0) is 6.92 Å². The third-order valence-corrected chi connectivity index (χ3v) is 3.32. The van der Waals surface area contributed by atoms with Crippen LogP contribution < -0.4 is 15.5 Å². The number of rotatable bonds is 6. The number of anilines is 2. The topological polar surface area (TPSA) is 74.6 Å². The Morgan fingerprint density at radius 3 is 2.95 bits per heavy atom. The van der Waals surface area contributed by atoms with Gasteiger partial charge in [-0.3, -0.25) is 4.79 Å². The summed E-state index contributed by atoms with van der Waals surface area (Å²) in [6, 6.07) is 0. The van der Waals surface area contributed by atoms with E-state index >= 15 is 0 Å². The predicted molar refractivity (Wildman–Crippen MR) is 83.7 cm³/mol. The number of hydrogen-bond donors (Lipinski definition) is 2. The summed E-state index contributed by atoms with van der Waals surface area (Å²) in [4.78, 5) is 22.6. The number of nitrogens with zero attached hydrogens (tertiary/aromatic N) is 4. The molecule has 2 rings (SSSR count). The van der Waals surface area contributed by atoms with Crippen LogP contribution in [0, 0.1) is 5.92 Å². The van der Waals surface area contributed by atoms with E-state index in [2.05, 4.69) is 20.6 Å². The maximum absolute atomic E-state index is 11.7. The molecule has 0 spiro atoms. The maximum atomic E-state index is 11.7. The van der Waals surface area contributed by atoms with Gasteiger partial charge in [-0.2, -0.15) is 0 Å². The fourth-order valence-electron chi connectivity index (χ4n) is 2.26. The monoisotopic (exact) mass is 290 g/mol. The third-order valence-electron chi connectivity index (χ3n) is 3.32. The largest absolute Gasteiger partial charge is 0.369 e. The molecule has 0 fully saturated rings. The van der Waals surface area contributed by atoms with Crippen molar-refractivity contribution in [3.05, 3.63) is 18.6 Å². The quantitative estimate of drug-likeness (QED) is 0.829. The lowest BCUT2D eigenvalue weighted by atomic mass is 10.1. The molecule has 7 nitrogen and oxygen atoms in total. The first-order valence-electron chi connectivity index (χ1n) is 7.07. The van der Waals surface area contributed by atoms with Gasteiger partial charge in [-0.1, -0.05) is 6.92 Å². The Hall–Kier alpha value is -2.31. The van der Waals surface area contributed by atoms with Crippen molar-refractivity contribution >= 4 is 23.2 Å². The van der Waals surface area contributed by atoms with Crippen LogP contribution in [0.3, 0.4) is 0 Å². The summed E-state index contributed by atoms with van der Waals surface area (Å²) in [5, 5.41) is 5.87. The number of aromatic nitrogens is 3. The lowest BCUT2D eigenvalue weighted by Crippen LogP contribution is -2.35. The van der Waals surface area contributed by atoms with Crippen LogP contribution in [0.15, 0.2) is 18.6 Å². The Kier molecular flexibility index (Phi) is 4.62. The molecule has 7 heteroatoms. The second-order valence-electron chi connectivity index (χ2n) is 5.03. The smallest absolute Gasteiger partial charge is 0.224 e. The number of imidazole rings is 1. The predicted octanol–water partition coefficient (Wildman–Crippen LogP) is 0.979. The molecule has 2 heterocycles. The van der Waals surface area contributed by atoms with Crippen LogP contribution in [-0.2, 0) is 4.79 Å². The Labute approximate surface area is 124 Å². The molecule has 2 aromatic rings. The van der Waals surface area contributed by atoms with Gasteiger partial charge < -0.3 is 19.9 Å². The zero-order valence-corrected chi connectivity index (χ0v) is 12.9. The van der Waals surface area contributed by atoms with Crippen molar-refractivity contribution in [3.8, 4) is 0 Å². The molecule has 0 aliphatic heterocycles. The minimum Gasteiger partial charge on any atom is -0.369 e. The molecule has 0 radical (unpaired) electrons. The highest BCUT2D eigenvalue weighted by molar-refractivity contribution is 5.79. The molecule has 0 aromatic carbocycles. The van der Waals surface area contributed by atoms with Crippen molar-refractivity contribution < 1.29 is 4.79 Å². The lowest BCUT2D eigenvalue weighted by Gasteiger charge is -2.22. The molecule has 2 aromatic heterocycles. The molecular formula is C14H22N6O. The zero-order valence-electron chi connectivity index (χ0n) is 12.9. The van der Waals surface area contributed by atoms with Crippen LogP contribution in [0.2, 0.25) is 0 Å². The van der Waals surface area contributed by atoms with Crippen molar-refractivity contribution in [2.24, 2.45) is 5.92 Å². The molecule has 114 valence electrons. The van der Waals surface area contributed by atoms with E-state index in [1.807, 2.05) is 42.6 Å². The summed E-state index contributed by atoms with van der Waals surface area (Å²) >= 11 is 0. The van der Waals surface area contributed by atoms with Crippen LogP contribution in [0.1, 0.15) is 13.8 Å². The van der Waals surface area contributed by atoms with E-state index in [-0.39, 0.29) is 11.8 Å². The van der Waals surface area contributed by atoms with Gasteiger partial charge in [0.15, 0.2) is 11.5 Å². The first kappa shape index (κ1) is 15.1. The molecule has 0 bridgehead atoms. The van der Waals surface area contributed by atoms with Gasteiger partial charge in [0.05, 0.1) is 12.1 Å². The first-order valence-corrected chi connectivity index (χ1v) is 7.07. The van der Waals surface area contributed by atoms with E-state index in [0.29, 0.717) is 6.54 Å². The van der Waals surface area contributed by atoms with Crippen molar-refractivity contribution in [2.75, 3.05) is 37.4 Å². The van der Waals surface area contributed by atoms with Crippen LogP contribution in [0.25, 0.3) is 5.65 Å². The number of amides is 1. The molecule has 0 aliphatic rings. The molecular weight excluding hydrogens is 268 g/mol. The molecule has 1 amide bonds. The Bertz CT molecular complexity index is 623. The molecule has 0 aliphatic carbocycles. The first-order chi connectivity index (χ1) is 10.1. The van der Waals surface area contributed by atoms with Gasteiger partial charge in [0.1, 0.15) is 5.82 Å². The number of carbonyl (C=O) groups is 1. The van der Waals surface area contributed by atoms with Crippen molar-refractivity contribution in [3.63, 3.8) is 0 Å². The van der Waals surface area contributed by atoms with E-state index in [9.17, 15) is 4.79 Å². The van der Waals surface area contributed by atoms with Crippen LogP contribution >= 0.6 is 0 Å². The Morgan fingerprint density at radius 1 is 1.52 bits per heavy atom. The van der Waals surface area contributed by atoms with E-state index in [1.165, 1.54) is 0 Å². The second-order valence-corrected chi connectivity index (χ2v) is 5.03. The fourth-order valence-corrected chi connectivity index (χ4v) is 2.26. The normalized spacial score (nSPS) is 12.2. The van der Waals surface area contributed by atoms with Crippen molar-refractivity contribution in [1.82, 2.24) is 19.7 Å². The molecule has 21 heavy (non-hydrogen) atoms. The number of fused-ring (bicyclic) bond motifs is 1. The van der Waals surface area contributed by atoms with Gasteiger partial charge in [0, 0.05) is 39.6 Å². The van der Waals surface area contributed by atoms with Crippen molar-refractivity contribution in [1.29, 1.82) is 0 Å². The maximum Gasteiger partial charge on any atom is 0.224 e. The summed E-state index contributed by atoms with van der Waals surface area (Å²) < 4.78 is 1.93. The number of carbonyl (C=O) groups excluding carboxylic acids is 1. The fraction of sp³-hybridized carbons (Fsp3) is 0.500. The average Bonchev–Trinajstić information content (AvgIpc) is 2.93. The van der Waals surface area contributed by atoms with E-state index in [1.54, 1.807) is 13.2 Å². The Balaban J connectivity index is 2.30. The molecule has 2 N–H and O–H groups in total. The minimum atomic E-state index is -0.125. The highest BCUT2D eigenvalue weighted by Crippen LogP contribution is 2.20. The summed E-state index contributed by atoms with van der Waals surface area (Å²) in [5.41, 5.74) is 0.781. The standard InChI is InChI=1S/C14H22N6O/c1-5-16-11-9-20-7-6-17-12(20)13(18-11)19(4)8-10(2)14(21)15-3/h6-7,9-10,16H,5,8H2,1-4H3,(H,15,21). The van der Waals surface area contributed by atoms with Gasteiger partial charge in [0.25, 0.3) is 0 Å². The van der Waals surface area contributed by atoms with Gasteiger partial charge in [-0.15, -0.1) is 0 Å². The highest BCUT2D eigenvalue weighted by Gasteiger charge is 2.17. The SMILES string of the molecule is CCNc1cn2ccnc2c(N(C)CC(C)C(=O)NC)n1. The minimum absolute atomic E-state index is 0.0176. The van der Waals surface area contributed by atoms with Crippen LogP contribution in [0.5, 0.6) is 0 Å².